The zero-order valence-corrected chi connectivity index (χ0v) is 9.98. The standard InChI is InChI=1S/C11H11ClN2O3/c1-2-16-10-13-14(11(15)17-10)7-8-3-5-9(12)6-4-8/h3-6H,2,7H2,1H3. The van der Waals surface area contributed by atoms with Crippen LogP contribution < -0.4 is 10.5 Å². The largest absolute Gasteiger partial charge is 0.449 e. The van der Waals surface area contributed by atoms with E-state index >= 15 is 0 Å². The van der Waals surface area contributed by atoms with Gasteiger partial charge in [0, 0.05) is 5.02 Å². The van der Waals surface area contributed by atoms with E-state index in [0.717, 1.165) is 5.56 Å². The molecule has 17 heavy (non-hydrogen) atoms. The van der Waals surface area contributed by atoms with Crippen molar-refractivity contribution >= 4 is 11.6 Å². The predicted molar refractivity (Wildman–Crippen MR) is 62.5 cm³/mol. The van der Waals surface area contributed by atoms with E-state index in [0.29, 0.717) is 18.2 Å². The SMILES string of the molecule is CCOc1nn(Cc2ccc(Cl)cc2)c(=O)o1. The Labute approximate surface area is 103 Å². The van der Waals surface area contributed by atoms with Gasteiger partial charge >= 0.3 is 11.8 Å². The molecule has 0 fully saturated rings. The van der Waals surface area contributed by atoms with E-state index in [-0.39, 0.29) is 6.08 Å². The van der Waals surface area contributed by atoms with E-state index in [2.05, 4.69) is 5.10 Å². The van der Waals surface area contributed by atoms with Crippen molar-refractivity contribution in [2.75, 3.05) is 6.61 Å². The normalized spacial score (nSPS) is 10.5. The van der Waals surface area contributed by atoms with Crippen molar-refractivity contribution in [1.29, 1.82) is 0 Å². The quantitative estimate of drug-likeness (QED) is 0.837. The van der Waals surface area contributed by atoms with Gasteiger partial charge in [0.15, 0.2) is 0 Å². The Kier molecular flexibility index (Phi) is 3.49. The van der Waals surface area contributed by atoms with E-state index in [4.69, 9.17) is 20.8 Å². The molecular formula is C11H11ClN2O3. The molecule has 0 atom stereocenters. The molecule has 1 aromatic heterocycles. The van der Waals surface area contributed by atoms with Crippen LogP contribution in [0.1, 0.15) is 12.5 Å². The van der Waals surface area contributed by atoms with Crippen LogP contribution in [0.3, 0.4) is 0 Å². The van der Waals surface area contributed by atoms with Crippen LogP contribution in [0.15, 0.2) is 33.5 Å². The molecular weight excluding hydrogens is 244 g/mol. The third kappa shape index (κ3) is 2.88. The van der Waals surface area contributed by atoms with E-state index in [9.17, 15) is 4.79 Å². The maximum absolute atomic E-state index is 11.4. The molecule has 5 nitrogen and oxygen atoms in total. The van der Waals surface area contributed by atoms with Crippen LogP contribution in [0, 0.1) is 0 Å². The minimum absolute atomic E-state index is 0.00790. The summed E-state index contributed by atoms with van der Waals surface area (Å²) in [5, 5.41) is 4.55. The Morgan fingerprint density at radius 2 is 2.12 bits per heavy atom. The third-order valence-corrected chi connectivity index (χ3v) is 2.35. The zero-order valence-electron chi connectivity index (χ0n) is 9.22. The Bertz CT molecular complexity index is 545. The molecule has 2 aromatic rings. The summed E-state index contributed by atoms with van der Waals surface area (Å²) >= 11 is 5.77. The molecule has 90 valence electrons. The summed E-state index contributed by atoms with van der Waals surface area (Å²) in [6.45, 7) is 2.52. The predicted octanol–water partition coefficient (Wildman–Crippen LogP) is 1.94. The Hall–Kier alpha value is -1.75. The molecule has 0 unspecified atom stereocenters. The first kappa shape index (κ1) is 11.7. The number of halogens is 1. The second kappa shape index (κ2) is 5.05. The van der Waals surface area contributed by atoms with Crippen LogP contribution in [0.25, 0.3) is 0 Å². The lowest BCUT2D eigenvalue weighted by molar-refractivity contribution is 0.238. The zero-order chi connectivity index (χ0) is 12.3. The Balaban J connectivity index is 2.18. The number of ether oxygens (including phenoxy) is 1. The second-order valence-electron chi connectivity index (χ2n) is 3.35. The number of aromatic nitrogens is 2. The van der Waals surface area contributed by atoms with Crippen molar-refractivity contribution in [3.63, 3.8) is 0 Å². The van der Waals surface area contributed by atoms with E-state index < -0.39 is 5.76 Å². The van der Waals surface area contributed by atoms with Crippen molar-refractivity contribution in [3.8, 4) is 6.08 Å². The average molecular weight is 255 g/mol. The number of hydrogen-bond acceptors (Lipinski definition) is 4. The first-order chi connectivity index (χ1) is 8.19. The van der Waals surface area contributed by atoms with Gasteiger partial charge in [0.2, 0.25) is 0 Å². The molecule has 1 aromatic carbocycles. The molecule has 6 heteroatoms. The van der Waals surface area contributed by atoms with Crippen LogP contribution in [-0.4, -0.2) is 16.4 Å². The highest BCUT2D eigenvalue weighted by molar-refractivity contribution is 6.30. The van der Waals surface area contributed by atoms with Gasteiger partial charge in [0.1, 0.15) is 0 Å². The summed E-state index contributed by atoms with van der Waals surface area (Å²) in [5.74, 6) is -0.539. The third-order valence-electron chi connectivity index (χ3n) is 2.10. The van der Waals surface area contributed by atoms with E-state index in [1.807, 2.05) is 12.1 Å². The minimum atomic E-state index is -0.539. The molecule has 0 aliphatic carbocycles. The van der Waals surface area contributed by atoms with Gasteiger partial charge < -0.3 is 9.15 Å². The Morgan fingerprint density at radius 3 is 2.76 bits per heavy atom. The number of benzene rings is 1. The lowest BCUT2D eigenvalue weighted by Gasteiger charge is -1.99. The second-order valence-corrected chi connectivity index (χ2v) is 3.79. The van der Waals surface area contributed by atoms with Crippen LogP contribution in [0.2, 0.25) is 5.02 Å². The lowest BCUT2D eigenvalue weighted by Crippen LogP contribution is -2.16. The molecule has 1 heterocycles. The van der Waals surface area contributed by atoms with E-state index in [1.165, 1.54) is 4.68 Å². The fourth-order valence-electron chi connectivity index (χ4n) is 1.33. The molecule has 2 rings (SSSR count). The van der Waals surface area contributed by atoms with Crippen molar-refractivity contribution in [2.45, 2.75) is 13.5 Å². The number of hydrogen-bond donors (Lipinski definition) is 0. The molecule has 0 bridgehead atoms. The summed E-state index contributed by atoms with van der Waals surface area (Å²) in [5.41, 5.74) is 0.910. The van der Waals surface area contributed by atoms with Crippen molar-refractivity contribution in [3.05, 3.63) is 45.4 Å². The fraction of sp³-hybridized carbons (Fsp3) is 0.273. The molecule has 0 aliphatic heterocycles. The molecule has 0 amide bonds. The van der Waals surface area contributed by atoms with Gasteiger partial charge in [-0.15, -0.1) is 0 Å². The fourth-order valence-corrected chi connectivity index (χ4v) is 1.46. The molecule has 0 saturated heterocycles. The lowest BCUT2D eigenvalue weighted by atomic mass is 10.2. The van der Waals surface area contributed by atoms with Gasteiger partial charge in [-0.1, -0.05) is 28.8 Å². The number of nitrogens with zero attached hydrogens (tertiary/aromatic N) is 2. The van der Waals surface area contributed by atoms with Crippen molar-refractivity contribution < 1.29 is 9.15 Å². The van der Waals surface area contributed by atoms with Gasteiger partial charge in [0.05, 0.1) is 13.2 Å². The molecule has 0 spiro atoms. The van der Waals surface area contributed by atoms with Crippen molar-refractivity contribution in [2.24, 2.45) is 0 Å². The van der Waals surface area contributed by atoms with Crippen LogP contribution in [0.5, 0.6) is 6.08 Å². The first-order valence-electron chi connectivity index (χ1n) is 5.14. The minimum Gasteiger partial charge on any atom is -0.449 e. The monoisotopic (exact) mass is 254 g/mol. The summed E-state index contributed by atoms with van der Waals surface area (Å²) in [7, 11) is 0. The van der Waals surface area contributed by atoms with Gasteiger partial charge in [0.25, 0.3) is 0 Å². The van der Waals surface area contributed by atoms with Crippen molar-refractivity contribution in [1.82, 2.24) is 9.78 Å². The van der Waals surface area contributed by atoms with Crippen LogP contribution in [0.4, 0.5) is 0 Å². The van der Waals surface area contributed by atoms with Gasteiger partial charge in [-0.25, -0.2) is 4.79 Å². The van der Waals surface area contributed by atoms with Crippen LogP contribution >= 0.6 is 11.6 Å². The highest BCUT2D eigenvalue weighted by Gasteiger charge is 2.08. The van der Waals surface area contributed by atoms with Gasteiger partial charge in [-0.05, 0) is 24.6 Å². The summed E-state index contributed by atoms with van der Waals surface area (Å²) in [4.78, 5) is 11.4. The maximum atomic E-state index is 11.4. The topological polar surface area (TPSA) is 57.3 Å². The Morgan fingerprint density at radius 1 is 1.41 bits per heavy atom. The summed E-state index contributed by atoms with van der Waals surface area (Å²) < 4.78 is 11.0. The van der Waals surface area contributed by atoms with Crippen LogP contribution in [-0.2, 0) is 6.54 Å². The summed E-state index contributed by atoms with van der Waals surface area (Å²) in [6, 6.07) is 7.16. The smallest absolute Gasteiger partial charge is 0.439 e. The number of rotatable bonds is 4. The summed E-state index contributed by atoms with van der Waals surface area (Å²) in [6.07, 6.45) is -0.00790. The maximum Gasteiger partial charge on any atom is 0.439 e. The molecule has 0 aliphatic rings. The molecule has 0 radical (unpaired) electrons. The molecule has 0 N–H and O–H groups in total. The average Bonchev–Trinajstić information content (AvgIpc) is 2.63. The van der Waals surface area contributed by atoms with Gasteiger partial charge in [-0.3, -0.25) is 0 Å². The molecule has 0 saturated carbocycles. The first-order valence-corrected chi connectivity index (χ1v) is 5.52. The highest BCUT2D eigenvalue weighted by Crippen LogP contribution is 2.10. The van der Waals surface area contributed by atoms with Gasteiger partial charge in [-0.2, -0.15) is 4.68 Å². The van der Waals surface area contributed by atoms with E-state index in [1.54, 1.807) is 19.1 Å². The highest BCUT2D eigenvalue weighted by atomic mass is 35.5.